The highest BCUT2D eigenvalue weighted by Gasteiger charge is 2.18. The minimum absolute atomic E-state index is 0.0773. The number of carbonyl (C=O) groups excluding carboxylic acids is 2. The fraction of sp³-hybridized carbons (Fsp3) is 0.364. The van der Waals surface area contributed by atoms with E-state index in [9.17, 15) is 9.59 Å². The predicted octanol–water partition coefficient (Wildman–Crippen LogP) is 3.41. The molecule has 0 radical (unpaired) electrons. The van der Waals surface area contributed by atoms with Gasteiger partial charge in [0, 0.05) is 17.3 Å². The van der Waals surface area contributed by atoms with Crippen LogP contribution in [0.15, 0.2) is 42.5 Å². The Kier molecular flexibility index (Phi) is 8.49. The van der Waals surface area contributed by atoms with Crippen molar-refractivity contribution in [3.63, 3.8) is 0 Å². The number of anilines is 1. The molecule has 0 fully saturated rings. The van der Waals surface area contributed by atoms with Gasteiger partial charge < -0.3 is 15.4 Å². The van der Waals surface area contributed by atoms with Crippen LogP contribution in [0.2, 0.25) is 5.02 Å². The van der Waals surface area contributed by atoms with Crippen molar-refractivity contribution in [1.29, 1.82) is 0 Å². The average Bonchev–Trinajstić information content (AvgIpc) is 2.69. The first-order valence-corrected chi connectivity index (χ1v) is 9.88. The number of nitrogens with zero attached hydrogens (tertiary/aromatic N) is 1. The Hall–Kier alpha value is -2.57. The summed E-state index contributed by atoms with van der Waals surface area (Å²) in [4.78, 5) is 26.4. The quantitative estimate of drug-likeness (QED) is 0.656. The van der Waals surface area contributed by atoms with Crippen LogP contribution < -0.4 is 15.4 Å². The number of carbonyl (C=O) groups is 2. The van der Waals surface area contributed by atoms with Crippen molar-refractivity contribution in [2.24, 2.45) is 0 Å². The maximum Gasteiger partial charge on any atom is 0.243 e. The molecule has 1 atom stereocenters. The Labute approximate surface area is 177 Å². The summed E-state index contributed by atoms with van der Waals surface area (Å²) >= 11 is 5.85. The van der Waals surface area contributed by atoms with Gasteiger partial charge in [0.15, 0.2) is 0 Å². The van der Waals surface area contributed by atoms with Crippen LogP contribution in [0.4, 0.5) is 5.69 Å². The maximum atomic E-state index is 12.4. The van der Waals surface area contributed by atoms with Crippen molar-refractivity contribution in [2.45, 2.75) is 26.8 Å². The van der Waals surface area contributed by atoms with Crippen molar-refractivity contribution in [1.82, 2.24) is 10.2 Å². The van der Waals surface area contributed by atoms with E-state index in [0.29, 0.717) is 18.2 Å². The van der Waals surface area contributed by atoms with E-state index in [4.69, 9.17) is 16.3 Å². The first-order valence-electron chi connectivity index (χ1n) is 9.50. The van der Waals surface area contributed by atoms with Gasteiger partial charge in [-0.2, -0.15) is 0 Å². The second-order valence-corrected chi connectivity index (χ2v) is 7.43. The summed E-state index contributed by atoms with van der Waals surface area (Å²) in [5.41, 5.74) is 2.76. The van der Waals surface area contributed by atoms with E-state index >= 15 is 0 Å². The smallest absolute Gasteiger partial charge is 0.243 e. The number of hydrogen-bond donors (Lipinski definition) is 2. The highest BCUT2D eigenvalue weighted by Crippen LogP contribution is 2.19. The number of halogens is 1. The van der Waals surface area contributed by atoms with Crippen LogP contribution in [0.25, 0.3) is 0 Å². The molecule has 0 saturated carbocycles. The fourth-order valence-corrected chi connectivity index (χ4v) is 2.87. The zero-order valence-corrected chi connectivity index (χ0v) is 18.0. The van der Waals surface area contributed by atoms with Crippen LogP contribution in [0, 0.1) is 13.8 Å². The van der Waals surface area contributed by atoms with Crippen LogP contribution >= 0.6 is 11.6 Å². The molecule has 2 N–H and O–H groups in total. The van der Waals surface area contributed by atoms with Gasteiger partial charge in [-0.3, -0.25) is 14.5 Å². The van der Waals surface area contributed by atoms with Gasteiger partial charge in [0.05, 0.1) is 12.6 Å². The third-order valence-electron chi connectivity index (χ3n) is 4.74. The fourth-order valence-electron chi connectivity index (χ4n) is 2.74. The number of ether oxygens (including phenoxy) is 1. The van der Waals surface area contributed by atoms with Crippen LogP contribution in [-0.4, -0.2) is 49.5 Å². The van der Waals surface area contributed by atoms with Crippen molar-refractivity contribution in [3.05, 3.63) is 58.6 Å². The Morgan fingerprint density at radius 3 is 2.34 bits per heavy atom. The molecule has 2 amide bonds. The molecule has 2 aromatic carbocycles. The number of likely N-dealkylation sites (N-methyl/N-ethyl adjacent to an activating group) is 1. The van der Waals surface area contributed by atoms with E-state index in [2.05, 4.69) is 10.6 Å². The standard InChI is InChI=1S/C22H28ClN3O3/c1-15-6-5-7-16(2)21(15)25-20(27)14-24-22(28)17(3)26(4)12-13-29-19-10-8-18(23)9-11-19/h5-11,17H,12-14H2,1-4H3,(H,24,28)(H,25,27). The van der Waals surface area contributed by atoms with E-state index in [1.165, 1.54) is 0 Å². The number of rotatable bonds is 9. The highest BCUT2D eigenvalue weighted by molar-refractivity contribution is 6.30. The summed E-state index contributed by atoms with van der Waals surface area (Å²) in [5, 5.41) is 6.20. The van der Waals surface area contributed by atoms with Gasteiger partial charge >= 0.3 is 0 Å². The monoisotopic (exact) mass is 417 g/mol. The zero-order valence-electron chi connectivity index (χ0n) is 17.3. The second-order valence-electron chi connectivity index (χ2n) is 6.99. The van der Waals surface area contributed by atoms with E-state index in [1.807, 2.05) is 44.0 Å². The molecule has 0 aliphatic rings. The molecule has 0 bridgehead atoms. The van der Waals surface area contributed by atoms with Crippen LogP contribution in [0.5, 0.6) is 5.75 Å². The van der Waals surface area contributed by atoms with Crippen molar-refractivity contribution >= 4 is 29.1 Å². The van der Waals surface area contributed by atoms with Crippen LogP contribution in [0.1, 0.15) is 18.1 Å². The first kappa shape index (κ1) is 22.7. The minimum atomic E-state index is -0.392. The van der Waals surface area contributed by atoms with Crippen LogP contribution in [-0.2, 0) is 9.59 Å². The molecule has 2 aromatic rings. The number of nitrogens with one attached hydrogen (secondary N) is 2. The third-order valence-corrected chi connectivity index (χ3v) is 4.99. The van der Waals surface area contributed by atoms with E-state index < -0.39 is 6.04 Å². The molecule has 0 aliphatic heterocycles. The van der Waals surface area contributed by atoms with Gasteiger partial charge in [-0.25, -0.2) is 0 Å². The molecule has 7 heteroatoms. The lowest BCUT2D eigenvalue weighted by molar-refractivity contribution is -0.127. The highest BCUT2D eigenvalue weighted by atomic mass is 35.5. The molecule has 0 saturated heterocycles. The van der Waals surface area contributed by atoms with Crippen molar-refractivity contribution in [2.75, 3.05) is 32.1 Å². The summed E-state index contributed by atoms with van der Waals surface area (Å²) in [6.45, 7) is 6.58. The van der Waals surface area contributed by atoms with E-state index in [-0.39, 0.29) is 18.4 Å². The van der Waals surface area contributed by atoms with Gasteiger partial charge in [-0.15, -0.1) is 0 Å². The van der Waals surface area contributed by atoms with Gasteiger partial charge in [0.1, 0.15) is 12.4 Å². The lowest BCUT2D eigenvalue weighted by Gasteiger charge is -2.23. The molecule has 156 valence electrons. The summed E-state index contributed by atoms with van der Waals surface area (Å²) < 4.78 is 5.65. The lowest BCUT2D eigenvalue weighted by Crippen LogP contribution is -2.46. The predicted molar refractivity (Wildman–Crippen MR) is 117 cm³/mol. The molecule has 0 aliphatic carbocycles. The summed E-state index contributed by atoms with van der Waals surface area (Å²) in [7, 11) is 1.84. The third kappa shape index (κ3) is 7.07. The molecule has 0 spiro atoms. The molecule has 2 rings (SSSR count). The topological polar surface area (TPSA) is 70.7 Å². The SMILES string of the molecule is Cc1cccc(C)c1NC(=O)CNC(=O)C(C)N(C)CCOc1ccc(Cl)cc1. The Morgan fingerprint density at radius 1 is 1.10 bits per heavy atom. The number of aryl methyl sites for hydroxylation is 2. The molecule has 0 heterocycles. The van der Waals surface area contributed by atoms with Crippen molar-refractivity contribution < 1.29 is 14.3 Å². The van der Waals surface area contributed by atoms with Gasteiger partial charge in [0.25, 0.3) is 0 Å². The summed E-state index contributed by atoms with van der Waals surface area (Å²) in [6, 6.07) is 12.5. The lowest BCUT2D eigenvalue weighted by atomic mass is 10.1. The number of para-hydroxylation sites is 1. The number of benzene rings is 2. The van der Waals surface area contributed by atoms with Gasteiger partial charge in [-0.05, 0) is 63.2 Å². The average molecular weight is 418 g/mol. The zero-order chi connectivity index (χ0) is 21.4. The Morgan fingerprint density at radius 2 is 1.72 bits per heavy atom. The van der Waals surface area contributed by atoms with Gasteiger partial charge in [0.2, 0.25) is 11.8 Å². The Bertz CT molecular complexity index is 819. The first-order chi connectivity index (χ1) is 13.8. The normalized spacial score (nSPS) is 11.8. The largest absolute Gasteiger partial charge is 0.492 e. The summed E-state index contributed by atoms with van der Waals surface area (Å²) in [6.07, 6.45) is 0. The number of amides is 2. The minimum Gasteiger partial charge on any atom is -0.492 e. The molecule has 6 nitrogen and oxygen atoms in total. The van der Waals surface area contributed by atoms with E-state index in [1.54, 1.807) is 31.2 Å². The van der Waals surface area contributed by atoms with Crippen molar-refractivity contribution in [3.8, 4) is 5.75 Å². The molecule has 1 unspecified atom stereocenters. The molecular weight excluding hydrogens is 390 g/mol. The Balaban J connectivity index is 1.74. The molecule has 29 heavy (non-hydrogen) atoms. The van der Waals surface area contributed by atoms with Gasteiger partial charge in [-0.1, -0.05) is 29.8 Å². The molecule has 0 aromatic heterocycles. The second kappa shape index (κ2) is 10.8. The molecular formula is C22H28ClN3O3. The number of hydrogen-bond acceptors (Lipinski definition) is 4. The van der Waals surface area contributed by atoms with E-state index in [0.717, 1.165) is 22.6 Å². The van der Waals surface area contributed by atoms with Crippen LogP contribution in [0.3, 0.4) is 0 Å². The maximum absolute atomic E-state index is 12.4. The summed E-state index contributed by atoms with van der Waals surface area (Å²) in [5.74, 6) is 0.260.